The van der Waals surface area contributed by atoms with Crippen molar-refractivity contribution in [3.63, 3.8) is 0 Å². The molecule has 3 rings (SSSR count). The number of hydrogen-bond acceptors (Lipinski definition) is 2. The summed E-state index contributed by atoms with van der Waals surface area (Å²) in [4.78, 5) is 26.4. The van der Waals surface area contributed by atoms with Crippen LogP contribution in [0.2, 0.25) is 5.02 Å². The van der Waals surface area contributed by atoms with Gasteiger partial charge in [-0.15, -0.1) is 0 Å². The first-order valence-corrected chi connectivity index (χ1v) is 5.49. The maximum absolute atomic E-state index is 12.0. The maximum atomic E-state index is 12.0. The monoisotopic (exact) mass is 236 g/mol. The average molecular weight is 237 g/mol. The molecule has 0 saturated heterocycles. The number of aromatic amines is 1. The first-order chi connectivity index (χ1) is 7.66. The summed E-state index contributed by atoms with van der Waals surface area (Å²) in [5.74, 6) is 0. The first-order valence-electron chi connectivity index (χ1n) is 5.11. The van der Waals surface area contributed by atoms with Crippen LogP contribution in [0, 0.1) is 0 Å². The second kappa shape index (κ2) is 3.22. The number of benzene rings is 1. The summed E-state index contributed by atoms with van der Waals surface area (Å²) in [6.07, 6.45) is 1.81. The molecule has 1 aliphatic carbocycles. The molecule has 0 aliphatic heterocycles. The Labute approximate surface area is 95.5 Å². The molecule has 0 radical (unpaired) electrons. The van der Waals surface area contributed by atoms with Gasteiger partial charge in [0, 0.05) is 11.1 Å². The third kappa shape index (κ3) is 1.38. The van der Waals surface area contributed by atoms with Crippen molar-refractivity contribution in [1.29, 1.82) is 0 Å². The largest absolute Gasteiger partial charge is 0.329 e. The minimum Gasteiger partial charge on any atom is -0.307 e. The van der Waals surface area contributed by atoms with Gasteiger partial charge >= 0.3 is 5.69 Å². The molecule has 1 aliphatic rings. The third-order valence-corrected chi connectivity index (χ3v) is 3.04. The highest BCUT2D eigenvalue weighted by Gasteiger charge is 2.27. The molecule has 1 N–H and O–H groups in total. The molecule has 1 aromatic carbocycles. The summed E-state index contributed by atoms with van der Waals surface area (Å²) in [5.41, 5.74) is -0.0698. The number of rotatable bonds is 1. The third-order valence-electron chi connectivity index (χ3n) is 2.80. The minimum atomic E-state index is -0.345. The zero-order valence-corrected chi connectivity index (χ0v) is 9.12. The minimum absolute atomic E-state index is 0.0799. The van der Waals surface area contributed by atoms with Gasteiger partial charge in [-0.25, -0.2) is 4.79 Å². The van der Waals surface area contributed by atoms with E-state index in [0.717, 1.165) is 12.8 Å². The Morgan fingerprint density at radius 3 is 2.75 bits per heavy atom. The number of nitrogens with one attached hydrogen (secondary N) is 1. The molecule has 1 fully saturated rings. The molecule has 0 spiro atoms. The lowest BCUT2D eigenvalue weighted by Crippen LogP contribution is -2.34. The summed E-state index contributed by atoms with van der Waals surface area (Å²) in [7, 11) is 0. The van der Waals surface area contributed by atoms with Crippen molar-refractivity contribution >= 4 is 22.5 Å². The second-order valence-corrected chi connectivity index (χ2v) is 4.46. The Balaban J connectivity index is 2.43. The lowest BCUT2D eigenvalue weighted by Gasteiger charge is -2.04. The molecule has 0 unspecified atom stereocenters. The van der Waals surface area contributed by atoms with E-state index in [9.17, 15) is 9.59 Å². The van der Waals surface area contributed by atoms with Gasteiger partial charge in [-0.3, -0.25) is 9.36 Å². The van der Waals surface area contributed by atoms with Crippen LogP contribution in [0.25, 0.3) is 10.9 Å². The molecule has 1 saturated carbocycles. The van der Waals surface area contributed by atoms with Gasteiger partial charge in [0.2, 0.25) is 0 Å². The van der Waals surface area contributed by atoms with E-state index in [4.69, 9.17) is 11.6 Å². The topological polar surface area (TPSA) is 54.9 Å². The lowest BCUT2D eigenvalue weighted by atomic mass is 10.2. The van der Waals surface area contributed by atoms with Crippen LogP contribution in [0.4, 0.5) is 0 Å². The predicted octanol–water partition coefficient (Wildman–Crippen LogP) is 1.68. The van der Waals surface area contributed by atoms with E-state index >= 15 is 0 Å². The molecule has 2 aromatic rings. The summed E-state index contributed by atoms with van der Waals surface area (Å²) < 4.78 is 1.30. The van der Waals surface area contributed by atoms with Crippen molar-refractivity contribution < 1.29 is 0 Å². The van der Waals surface area contributed by atoms with Crippen molar-refractivity contribution in [2.75, 3.05) is 0 Å². The molecule has 82 valence electrons. The van der Waals surface area contributed by atoms with Gasteiger partial charge in [-0.1, -0.05) is 11.6 Å². The van der Waals surface area contributed by atoms with Crippen molar-refractivity contribution in [1.82, 2.24) is 9.55 Å². The van der Waals surface area contributed by atoms with E-state index in [1.54, 1.807) is 18.2 Å². The second-order valence-electron chi connectivity index (χ2n) is 4.03. The Morgan fingerprint density at radius 2 is 2.06 bits per heavy atom. The summed E-state index contributed by atoms with van der Waals surface area (Å²) in [5, 5.41) is 1.02. The van der Waals surface area contributed by atoms with Crippen molar-refractivity contribution in [2.45, 2.75) is 18.9 Å². The van der Waals surface area contributed by atoms with Crippen molar-refractivity contribution in [3.8, 4) is 0 Å². The molecule has 16 heavy (non-hydrogen) atoms. The number of H-pyrrole nitrogens is 1. The molecule has 5 heteroatoms. The molecule has 1 heterocycles. The van der Waals surface area contributed by atoms with Gasteiger partial charge in [-0.05, 0) is 31.0 Å². The molecular weight excluding hydrogens is 228 g/mol. The summed E-state index contributed by atoms with van der Waals surface area (Å²) in [6.45, 7) is 0. The molecule has 0 amide bonds. The smallest absolute Gasteiger partial charge is 0.307 e. The van der Waals surface area contributed by atoms with E-state index in [0.29, 0.717) is 15.9 Å². The lowest BCUT2D eigenvalue weighted by molar-refractivity contribution is 0.666. The number of nitrogens with zero attached hydrogens (tertiary/aromatic N) is 1. The Kier molecular flexibility index (Phi) is 1.94. The zero-order valence-electron chi connectivity index (χ0n) is 8.37. The van der Waals surface area contributed by atoms with Crippen LogP contribution in [0.3, 0.4) is 0 Å². The quantitative estimate of drug-likeness (QED) is 0.819. The highest BCUT2D eigenvalue weighted by Crippen LogP contribution is 2.32. The van der Waals surface area contributed by atoms with E-state index in [1.807, 2.05) is 0 Å². The molecular formula is C11H9ClN2O2. The number of fused-ring (bicyclic) bond motifs is 1. The Hall–Kier alpha value is -1.55. The summed E-state index contributed by atoms with van der Waals surface area (Å²) >= 11 is 5.81. The molecule has 0 bridgehead atoms. The average Bonchev–Trinajstić information content (AvgIpc) is 3.01. The SMILES string of the molecule is O=c1[nH]c2cc(Cl)ccc2c(=O)n1C1CC1. The van der Waals surface area contributed by atoms with Crippen LogP contribution in [0.1, 0.15) is 18.9 Å². The fraction of sp³-hybridized carbons (Fsp3) is 0.273. The van der Waals surface area contributed by atoms with Gasteiger partial charge < -0.3 is 4.98 Å². The van der Waals surface area contributed by atoms with Gasteiger partial charge in [-0.2, -0.15) is 0 Å². The van der Waals surface area contributed by atoms with E-state index < -0.39 is 0 Å². The van der Waals surface area contributed by atoms with Crippen molar-refractivity contribution in [2.24, 2.45) is 0 Å². The van der Waals surface area contributed by atoms with Gasteiger partial charge in [0.15, 0.2) is 0 Å². The highest BCUT2D eigenvalue weighted by atomic mass is 35.5. The highest BCUT2D eigenvalue weighted by molar-refractivity contribution is 6.31. The van der Waals surface area contributed by atoms with Crippen LogP contribution in [-0.4, -0.2) is 9.55 Å². The first kappa shape index (κ1) is 9.66. The van der Waals surface area contributed by atoms with E-state index in [-0.39, 0.29) is 17.3 Å². The van der Waals surface area contributed by atoms with Gasteiger partial charge in [0.25, 0.3) is 5.56 Å². The fourth-order valence-corrected chi connectivity index (χ4v) is 2.04. The van der Waals surface area contributed by atoms with Crippen LogP contribution in [-0.2, 0) is 0 Å². The van der Waals surface area contributed by atoms with Crippen molar-refractivity contribution in [3.05, 3.63) is 44.1 Å². The maximum Gasteiger partial charge on any atom is 0.329 e. The van der Waals surface area contributed by atoms with Crippen LogP contribution in [0.15, 0.2) is 27.8 Å². The summed E-state index contributed by atoms with van der Waals surface area (Å²) in [6, 6.07) is 4.98. The van der Waals surface area contributed by atoms with Crippen LogP contribution in [0.5, 0.6) is 0 Å². The molecule has 1 aromatic heterocycles. The normalized spacial score (nSPS) is 15.6. The van der Waals surface area contributed by atoms with Crippen LogP contribution >= 0.6 is 11.6 Å². The van der Waals surface area contributed by atoms with E-state index in [1.165, 1.54) is 4.57 Å². The molecule has 0 atom stereocenters. The van der Waals surface area contributed by atoms with Gasteiger partial charge in [0.05, 0.1) is 10.9 Å². The fourth-order valence-electron chi connectivity index (χ4n) is 1.87. The Bertz CT molecular complexity index is 682. The van der Waals surface area contributed by atoms with E-state index in [2.05, 4.69) is 4.98 Å². The zero-order chi connectivity index (χ0) is 11.3. The number of aromatic nitrogens is 2. The van der Waals surface area contributed by atoms with Gasteiger partial charge in [0.1, 0.15) is 0 Å². The number of hydrogen-bond donors (Lipinski definition) is 1. The Morgan fingerprint density at radius 1 is 1.31 bits per heavy atom. The standard InChI is InChI=1S/C11H9ClN2O2/c12-6-1-4-8-9(5-6)13-11(16)14(10(8)15)7-2-3-7/h1,4-5,7H,2-3H2,(H,13,16). The van der Waals surface area contributed by atoms with Crippen LogP contribution < -0.4 is 11.2 Å². The molecule has 4 nitrogen and oxygen atoms in total. The predicted molar refractivity (Wildman–Crippen MR) is 62.1 cm³/mol. The number of halogens is 1.